The van der Waals surface area contributed by atoms with Gasteiger partial charge in [-0.1, -0.05) is 6.07 Å². The van der Waals surface area contributed by atoms with E-state index in [4.69, 9.17) is 4.74 Å². The van der Waals surface area contributed by atoms with Crippen molar-refractivity contribution in [1.29, 1.82) is 0 Å². The van der Waals surface area contributed by atoms with E-state index in [1.807, 2.05) is 43.0 Å². The molecule has 0 aliphatic rings. The molecule has 118 valence electrons. The zero-order valence-corrected chi connectivity index (χ0v) is 14.3. The average Bonchev–Trinajstić information content (AvgIpc) is 2.45. The van der Waals surface area contributed by atoms with Crippen LogP contribution in [-0.2, 0) is 4.79 Å². The lowest BCUT2D eigenvalue weighted by atomic mass is 10.1. The number of carbonyl (C=O) groups is 1. The first-order valence-electron chi connectivity index (χ1n) is 7.09. The summed E-state index contributed by atoms with van der Waals surface area (Å²) in [6.07, 6.45) is 2.55. The lowest BCUT2D eigenvalue weighted by Gasteiger charge is -2.25. The molecule has 0 saturated carbocycles. The topological polar surface area (TPSA) is 50.4 Å². The number of rotatable bonds is 8. The van der Waals surface area contributed by atoms with Crippen LogP contribution in [0.15, 0.2) is 24.3 Å². The molecule has 0 heterocycles. The SMILES string of the molecule is COc1cccc(NC(=O)C[C@H](C)NCC(C)(C)SC)c1. The van der Waals surface area contributed by atoms with Crippen molar-refractivity contribution in [3.8, 4) is 5.75 Å². The molecule has 1 rings (SSSR count). The van der Waals surface area contributed by atoms with E-state index in [1.165, 1.54) is 0 Å². The van der Waals surface area contributed by atoms with Crippen molar-refractivity contribution in [2.45, 2.75) is 38.0 Å². The van der Waals surface area contributed by atoms with Gasteiger partial charge < -0.3 is 15.4 Å². The smallest absolute Gasteiger partial charge is 0.225 e. The van der Waals surface area contributed by atoms with Gasteiger partial charge in [-0.2, -0.15) is 11.8 Å². The highest BCUT2D eigenvalue weighted by Gasteiger charge is 2.17. The van der Waals surface area contributed by atoms with Crippen LogP contribution in [0.2, 0.25) is 0 Å². The minimum atomic E-state index is 0.00482. The van der Waals surface area contributed by atoms with E-state index in [-0.39, 0.29) is 16.7 Å². The number of carbonyl (C=O) groups excluding carboxylic acids is 1. The molecule has 0 aliphatic carbocycles. The van der Waals surface area contributed by atoms with Crippen molar-refractivity contribution in [1.82, 2.24) is 5.32 Å². The minimum absolute atomic E-state index is 0.00482. The standard InChI is InChI=1S/C16H26N2O2S/c1-12(17-11-16(2,3)21-5)9-15(19)18-13-7-6-8-14(10-13)20-4/h6-8,10,12,17H,9,11H2,1-5H3,(H,18,19)/t12-/m0/s1. The monoisotopic (exact) mass is 310 g/mol. The van der Waals surface area contributed by atoms with Gasteiger partial charge in [0.05, 0.1) is 7.11 Å². The lowest BCUT2D eigenvalue weighted by molar-refractivity contribution is -0.116. The van der Waals surface area contributed by atoms with Crippen molar-refractivity contribution < 1.29 is 9.53 Å². The Kier molecular flexibility index (Phi) is 7.05. The second-order valence-electron chi connectivity index (χ2n) is 5.73. The first-order valence-corrected chi connectivity index (χ1v) is 8.31. The number of methoxy groups -OCH3 is 1. The van der Waals surface area contributed by atoms with Gasteiger partial charge in [0.15, 0.2) is 0 Å². The maximum absolute atomic E-state index is 12.0. The van der Waals surface area contributed by atoms with Crippen molar-refractivity contribution in [2.75, 3.05) is 25.2 Å². The summed E-state index contributed by atoms with van der Waals surface area (Å²) in [5.41, 5.74) is 0.760. The zero-order valence-electron chi connectivity index (χ0n) is 13.5. The van der Waals surface area contributed by atoms with Gasteiger partial charge in [0.2, 0.25) is 5.91 Å². The molecule has 0 fully saturated rings. The van der Waals surface area contributed by atoms with Crippen LogP contribution in [0.3, 0.4) is 0 Å². The summed E-state index contributed by atoms with van der Waals surface area (Å²) in [6.45, 7) is 7.28. The number of thioether (sulfide) groups is 1. The third-order valence-corrected chi connectivity index (χ3v) is 4.52. The van der Waals surface area contributed by atoms with Gasteiger partial charge >= 0.3 is 0 Å². The van der Waals surface area contributed by atoms with Gasteiger partial charge in [-0.25, -0.2) is 0 Å². The van der Waals surface area contributed by atoms with Crippen molar-refractivity contribution >= 4 is 23.4 Å². The van der Waals surface area contributed by atoms with Crippen LogP contribution in [0.1, 0.15) is 27.2 Å². The second-order valence-corrected chi connectivity index (χ2v) is 7.24. The Morgan fingerprint density at radius 2 is 2.14 bits per heavy atom. The number of ether oxygens (including phenoxy) is 1. The van der Waals surface area contributed by atoms with Crippen LogP contribution >= 0.6 is 11.8 Å². The zero-order chi connectivity index (χ0) is 15.9. The Bertz CT molecular complexity index is 463. The first kappa shape index (κ1) is 17.9. The predicted molar refractivity (Wildman–Crippen MR) is 91.3 cm³/mol. The number of amides is 1. The summed E-state index contributed by atoms with van der Waals surface area (Å²) < 4.78 is 5.32. The maximum Gasteiger partial charge on any atom is 0.225 e. The number of hydrogen-bond acceptors (Lipinski definition) is 4. The van der Waals surface area contributed by atoms with Crippen LogP contribution in [-0.4, -0.2) is 36.6 Å². The number of anilines is 1. The molecule has 1 atom stereocenters. The van der Waals surface area contributed by atoms with E-state index in [9.17, 15) is 4.79 Å². The highest BCUT2D eigenvalue weighted by molar-refractivity contribution is 7.99. The summed E-state index contributed by atoms with van der Waals surface area (Å²) in [6, 6.07) is 7.52. The number of hydrogen-bond donors (Lipinski definition) is 2. The first-order chi connectivity index (χ1) is 9.86. The molecular formula is C16H26N2O2S. The molecule has 2 N–H and O–H groups in total. The molecule has 0 unspecified atom stereocenters. The van der Waals surface area contributed by atoms with Crippen molar-refractivity contribution in [2.24, 2.45) is 0 Å². The molecule has 0 radical (unpaired) electrons. The van der Waals surface area contributed by atoms with Crippen LogP contribution in [0, 0.1) is 0 Å². The van der Waals surface area contributed by atoms with Gasteiger partial charge in [-0.05, 0) is 39.2 Å². The number of nitrogens with one attached hydrogen (secondary N) is 2. The molecule has 0 aromatic heterocycles. The fourth-order valence-electron chi connectivity index (χ4n) is 1.76. The Morgan fingerprint density at radius 1 is 1.43 bits per heavy atom. The highest BCUT2D eigenvalue weighted by Crippen LogP contribution is 2.20. The molecule has 0 spiro atoms. The quantitative estimate of drug-likeness (QED) is 0.774. The molecule has 0 aliphatic heterocycles. The largest absolute Gasteiger partial charge is 0.497 e. The molecule has 0 saturated heterocycles. The molecule has 5 heteroatoms. The Hall–Kier alpha value is -1.20. The van der Waals surface area contributed by atoms with E-state index in [1.54, 1.807) is 7.11 Å². The summed E-state index contributed by atoms with van der Waals surface area (Å²) in [5.74, 6) is 0.742. The van der Waals surface area contributed by atoms with Gasteiger partial charge in [0.25, 0.3) is 0 Å². The molecule has 21 heavy (non-hydrogen) atoms. The van der Waals surface area contributed by atoms with E-state index in [0.717, 1.165) is 18.0 Å². The van der Waals surface area contributed by atoms with E-state index < -0.39 is 0 Å². The van der Waals surface area contributed by atoms with E-state index >= 15 is 0 Å². The Labute approximate surface area is 132 Å². The van der Waals surface area contributed by atoms with Gasteiger partial charge in [0.1, 0.15) is 5.75 Å². The fraction of sp³-hybridized carbons (Fsp3) is 0.562. The summed E-state index contributed by atoms with van der Waals surface area (Å²) in [5, 5.41) is 6.30. The number of benzene rings is 1. The average molecular weight is 310 g/mol. The van der Waals surface area contributed by atoms with Crippen LogP contribution in [0.4, 0.5) is 5.69 Å². The molecule has 4 nitrogen and oxygen atoms in total. The maximum atomic E-state index is 12.0. The minimum Gasteiger partial charge on any atom is -0.497 e. The normalized spacial score (nSPS) is 12.8. The lowest BCUT2D eigenvalue weighted by Crippen LogP contribution is -2.39. The second kappa shape index (κ2) is 8.29. The third-order valence-electron chi connectivity index (χ3n) is 3.27. The van der Waals surface area contributed by atoms with Crippen LogP contribution in [0.5, 0.6) is 5.75 Å². The summed E-state index contributed by atoms with van der Waals surface area (Å²) in [4.78, 5) is 12.0. The molecule has 0 bridgehead atoms. The predicted octanol–water partition coefficient (Wildman–Crippen LogP) is 3.14. The summed E-state index contributed by atoms with van der Waals surface area (Å²) >= 11 is 1.82. The van der Waals surface area contributed by atoms with Crippen molar-refractivity contribution in [3.63, 3.8) is 0 Å². The highest BCUT2D eigenvalue weighted by atomic mass is 32.2. The molecular weight excluding hydrogens is 284 g/mol. The van der Waals surface area contributed by atoms with E-state index in [2.05, 4.69) is 30.7 Å². The Balaban J connectivity index is 2.42. The van der Waals surface area contributed by atoms with E-state index in [0.29, 0.717) is 6.42 Å². The molecule has 1 aromatic rings. The Morgan fingerprint density at radius 3 is 2.76 bits per heavy atom. The summed E-state index contributed by atoms with van der Waals surface area (Å²) in [7, 11) is 1.61. The fourth-order valence-corrected chi connectivity index (χ4v) is 1.98. The van der Waals surface area contributed by atoms with Gasteiger partial charge in [-0.15, -0.1) is 0 Å². The van der Waals surface area contributed by atoms with Gasteiger partial charge in [0, 0.05) is 35.5 Å². The molecule has 1 amide bonds. The van der Waals surface area contributed by atoms with Crippen molar-refractivity contribution in [3.05, 3.63) is 24.3 Å². The molecule has 1 aromatic carbocycles. The van der Waals surface area contributed by atoms with Gasteiger partial charge in [-0.3, -0.25) is 4.79 Å². The van der Waals surface area contributed by atoms with Crippen LogP contribution < -0.4 is 15.4 Å². The van der Waals surface area contributed by atoms with Crippen LogP contribution in [0.25, 0.3) is 0 Å². The third kappa shape index (κ3) is 6.87.